The monoisotopic (exact) mass is 277 g/mol. The third-order valence-electron chi connectivity index (χ3n) is 1.62. The molecule has 0 saturated carbocycles. The Hall–Kier alpha value is -0.390. The van der Waals surface area contributed by atoms with Gasteiger partial charge in [-0.1, -0.05) is 0 Å². The van der Waals surface area contributed by atoms with Gasteiger partial charge in [0.15, 0.2) is 0 Å². The summed E-state index contributed by atoms with van der Waals surface area (Å²) in [7, 11) is 0. The van der Waals surface area contributed by atoms with Gasteiger partial charge in [0.05, 0.1) is 10.2 Å². The van der Waals surface area contributed by atoms with E-state index in [0.29, 0.717) is 19.4 Å². The Morgan fingerprint density at radius 2 is 2.36 bits per heavy atom. The highest BCUT2D eigenvalue weighted by Gasteiger charge is 2.04. The van der Waals surface area contributed by atoms with Crippen molar-refractivity contribution < 1.29 is 9.90 Å². The number of halogens is 1. The van der Waals surface area contributed by atoms with Crippen LogP contribution in [-0.2, 0) is 11.2 Å². The fourth-order valence-electron chi connectivity index (χ4n) is 0.974. The van der Waals surface area contributed by atoms with E-state index in [1.807, 2.05) is 12.1 Å². The van der Waals surface area contributed by atoms with Crippen LogP contribution >= 0.6 is 27.3 Å². The first-order valence-corrected chi connectivity index (χ1v) is 5.95. The summed E-state index contributed by atoms with van der Waals surface area (Å²) < 4.78 is 1.04. The molecule has 0 aromatic carbocycles. The van der Waals surface area contributed by atoms with Gasteiger partial charge in [0.25, 0.3) is 0 Å². The van der Waals surface area contributed by atoms with Crippen LogP contribution in [0.15, 0.2) is 15.9 Å². The number of amides is 1. The van der Waals surface area contributed by atoms with Crippen LogP contribution in [0.5, 0.6) is 0 Å². The normalized spacial score (nSPS) is 10.1. The van der Waals surface area contributed by atoms with Crippen molar-refractivity contribution >= 4 is 33.2 Å². The molecule has 14 heavy (non-hydrogen) atoms. The molecule has 1 aromatic rings. The maximum atomic E-state index is 11.3. The highest BCUT2D eigenvalue weighted by Crippen LogP contribution is 2.22. The van der Waals surface area contributed by atoms with Gasteiger partial charge in [-0.05, 0) is 34.5 Å². The van der Waals surface area contributed by atoms with Crippen molar-refractivity contribution in [1.82, 2.24) is 5.32 Å². The van der Waals surface area contributed by atoms with Gasteiger partial charge in [0.1, 0.15) is 0 Å². The number of thiophene rings is 1. The quantitative estimate of drug-likeness (QED) is 0.803. The van der Waals surface area contributed by atoms with Gasteiger partial charge in [0.2, 0.25) is 5.91 Å². The van der Waals surface area contributed by atoms with Crippen molar-refractivity contribution in [3.05, 3.63) is 20.8 Å². The second-order valence-corrected chi connectivity index (χ2v) is 5.36. The fourth-order valence-corrected chi connectivity index (χ4v) is 2.46. The first-order valence-electron chi connectivity index (χ1n) is 4.34. The predicted octanol–water partition coefficient (Wildman–Crippen LogP) is 1.55. The Kier molecular flexibility index (Phi) is 5.14. The van der Waals surface area contributed by atoms with Crippen LogP contribution < -0.4 is 5.32 Å². The summed E-state index contributed by atoms with van der Waals surface area (Å²) in [5.74, 6) is 0.00722. The molecule has 0 aliphatic rings. The topological polar surface area (TPSA) is 49.3 Å². The van der Waals surface area contributed by atoms with Crippen LogP contribution in [-0.4, -0.2) is 24.2 Å². The second-order valence-electron chi connectivity index (χ2n) is 2.81. The Morgan fingerprint density at radius 3 is 2.93 bits per heavy atom. The number of aliphatic hydroxyl groups excluding tert-OH is 1. The van der Waals surface area contributed by atoms with E-state index in [1.165, 1.54) is 0 Å². The van der Waals surface area contributed by atoms with E-state index in [1.54, 1.807) is 11.3 Å². The van der Waals surface area contributed by atoms with Gasteiger partial charge in [-0.25, -0.2) is 0 Å². The molecule has 1 heterocycles. The van der Waals surface area contributed by atoms with Gasteiger partial charge < -0.3 is 10.4 Å². The highest BCUT2D eigenvalue weighted by atomic mass is 79.9. The van der Waals surface area contributed by atoms with Crippen LogP contribution in [0.4, 0.5) is 0 Å². The first-order chi connectivity index (χ1) is 6.72. The average molecular weight is 278 g/mol. The van der Waals surface area contributed by atoms with Crippen molar-refractivity contribution in [2.24, 2.45) is 0 Å². The minimum absolute atomic E-state index is 0.00722. The largest absolute Gasteiger partial charge is 0.396 e. The third kappa shape index (κ3) is 4.21. The molecule has 3 nitrogen and oxygen atoms in total. The summed E-state index contributed by atoms with van der Waals surface area (Å²) in [4.78, 5) is 12.3. The lowest BCUT2D eigenvalue weighted by Gasteiger charge is -2.01. The molecule has 0 fully saturated rings. The third-order valence-corrected chi connectivity index (χ3v) is 3.24. The van der Waals surface area contributed by atoms with Crippen LogP contribution in [0.2, 0.25) is 0 Å². The van der Waals surface area contributed by atoms with Crippen molar-refractivity contribution in [3.63, 3.8) is 0 Å². The highest BCUT2D eigenvalue weighted by molar-refractivity contribution is 9.11. The van der Waals surface area contributed by atoms with E-state index in [0.717, 1.165) is 8.66 Å². The molecule has 5 heteroatoms. The second kappa shape index (κ2) is 6.16. The lowest BCUT2D eigenvalue weighted by molar-refractivity contribution is -0.120. The van der Waals surface area contributed by atoms with E-state index in [2.05, 4.69) is 21.2 Å². The molecule has 1 amide bonds. The van der Waals surface area contributed by atoms with E-state index < -0.39 is 0 Å². The Balaban J connectivity index is 2.27. The average Bonchev–Trinajstić information content (AvgIpc) is 2.52. The molecular weight excluding hydrogens is 266 g/mol. The maximum Gasteiger partial charge on any atom is 0.225 e. The molecular formula is C9H12BrNO2S. The molecule has 0 aliphatic heterocycles. The van der Waals surface area contributed by atoms with E-state index in [4.69, 9.17) is 5.11 Å². The van der Waals surface area contributed by atoms with Crippen molar-refractivity contribution in [1.29, 1.82) is 0 Å². The molecule has 2 N–H and O–H groups in total. The van der Waals surface area contributed by atoms with E-state index in [9.17, 15) is 4.79 Å². The van der Waals surface area contributed by atoms with E-state index >= 15 is 0 Å². The molecule has 0 aliphatic carbocycles. The molecule has 0 spiro atoms. The smallest absolute Gasteiger partial charge is 0.225 e. The molecule has 0 unspecified atom stereocenters. The molecule has 1 rings (SSSR count). The van der Waals surface area contributed by atoms with Crippen LogP contribution in [0, 0.1) is 0 Å². The maximum absolute atomic E-state index is 11.3. The molecule has 0 radical (unpaired) electrons. The lowest BCUT2D eigenvalue weighted by atomic mass is 10.3. The Labute approximate surface area is 95.3 Å². The number of carbonyl (C=O) groups excluding carboxylic acids is 1. The predicted molar refractivity (Wildman–Crippen MR) is 60.4 cm³/mol. The summed E-state index contributed by atoms with van der Waals surface area (Å²) in [6.07, 6.45) is 1.03. The number of aliphatic hydroxyl groups is 1. The number of hydrogen-bond donors (Lipinski definition) is 2. The van der Waals surface area contributed by atoms with Crippen LogP contribution in [0.25, 0.3) is 0 Å². The summed E-state index contributed by atoms with van der Waals surface area (Å²) in [5, 5.41) is 11.3. The molecule has 78 valence electrons. The van der Waals surface area contributed by atoms with Gasteiger partial charge in [-0.3, -0.25) is 4.79 Å². The SMILES string of the molecule is O=C(Cc1ccc(Br)s1)NCCCO. The first kappa shape index (κ1) is 11.7. The zero-order valence-electron chi connectivity index (χ0n) is 7.62. The summed E-state index contributed by atoms with van der Waals surface area (Å²) in [6, 6.07) is 3.86. The number of nitrogens with one attached hydrogen (secondary N) is 1. The lowest BCUT2D eigenvalue weighted by Crippen LogP contribution is -2.26. The standard InChI is InChI=1S/C9H12BrNO2S/c10-8-3-2-7(14-8)6-9(13)11-4-1-5-12/h2-3,12H,1,4-6H2,(H,11,13). The van der Waals surface area contributed by atoms with Gasteiger partial charge in [-0.2, -0.15) is 0 Å². The van der Waals surface area contributed by atoms with Gasteiger partial charge in [0, 0.05) is 18.0 Å². The zero-order chi connectivity index (χ0) is 10.4. The minimum atomic E-state index is 0.00722. The molecule has 0 saturated heterocycles. The Bertz CT molecular complexity index is 301. The summed E-state index contributed by atoms with van der Waals surface area (Å²) in [6.45, 7) is 0.659. The van der Waals surface area contributed by atoms with Crippen LogP contribution in [0.1, 0.15) is 11.3 Å². The number of hydrogen-bond acceptors (Lipinski definition) is 3. The number of carbonyl (C=O) groups is 1. The minimum Gasteiger partial charge on any atom is -0.396 e. The van der Waals surface area contributed by atoms with Crippen molar-refractivity contribution in [3.8, 4) is 0 Å². The molecule has 1 aromatic heterocycles. The summed E-state index contributed by atoms with van der Waals surface area (Å²) >= 11 is 4.90. The molecule has 0 bridgehead atoms. The van der Waals surface area contributed by atoms with Gasteiger partial charge in [-0.15, -0.1) is 11.3 Å². The molecule has 0 atom stereocenters. The van der Waals surface area contributed by atoms with Crippen molar-refractivity contribution in [2.75, 3.05) is 13.2 Å². The Morgan fingerprint density at radius 1 is 1.57 bits per heavy atom. The van der Waals surface area contributed by atoms with Crippen LogP contribution in [0.3, 0.4) is 0 Å². The fraction of sp³-hybridized carbons (Fsp3) is 0.444. The van der Waals surface area contributed by atoms with Gasteiger partial charge >= 0.3 is 0 Å². The summed E-state index contributed by atoms with van der Waals surface area (Å²) in [5.41, 5.74) is 0. The van der Waals surface area contributed by atoms with Crippen molar-refractivity contribution in [2.45, 2.75) is 12.8 Å². The number of rotatable bonds is 5. The zero-order valence-corrected chi connectivity index (χ0v) is 10.0. The van der Waals surface area contributed by atoms with E-state index in [-0.39, 0.29) is 12.5 Å².